The van der Waals surface area contributed by atoms with E-state index >= 15 is 0 Å². The summed E-state index contributed by atoms with van der Waals surface area (Å²) >= 11 is 0. The molecule has 30 heavy (non-hydrogen) atoms. The van der Waals surface area contributed by atoms with E-state index in [4.69, 9.17) is 0 Å². The van der Waals surface area contributed by atoms with Crippen molar-refractivity contribution in [2.45, 2.75) is 11.8 Å². The van der Waals surface area contributed by atoms with Crippen LogP contribution < -0.4 is 0 Å². The van der Waals surface area contributed by atoms with Crippen LogP contribution in [0, 0.1) is 11.8 Å². The van der Waals surface area contributed by atoms with E-state index in [-0.39, 0.29) is 12.2 Å². The van der Waals surface area contributed by atoms with Crippen LogP contribution in [0.5, 0.6) is 0 Å². The van der Waals surface area contributed by atoms with Gasteiger partial charge in [-0.1, -0.05) is 121 Å². The van der Waals surface area contributed by atoms with Crippen LogP contribution in [-0.2, 0) is 5.41 Å². The summed E-state index contributed by atoms with van der Waals surface area (Å²) < 4.78 is 0. The zero-order valence-electron chi connectivity index (χ0n) is 16.7. The summed E-state index contributed by atoms with van der Waals surface area (Å²) in [6.07, 6.45) is 0.269. The van der Waals surface area contributed by atoms with E-state index in [1.54, 1.807) is 0 Å². The molecular formula is C29H22O. The minimum Gasteiger partial charge on any atom is -0.294 e. The molecule has 4 aromatic carbocycles. The highest BCUT2D eigenvalue weighted by molar-refractivity contribution is 5.97. The predicted molar refractivity (Wildman–Crippen MR) is 122 cm³/mol. The van der Waals surface area contributed by atoms with Crippen molar-refractivity contribution in [2.24, 2.45) is 0 Å². The Kier molecular flexibility index (Phi) is 5.88. The van der Waals surface area contributed by atoms with Gasteiger partial charge in [0.1, 0.15) is 0 Å². The molecule has 0 unspecified atom stereocenters. The number of benzene rings is 4. The Morgan fingerprint density at radius 1 is 0.600 bits per heavy atom. The van der Waals surface area contributed by atoms with Crippen LogP contribution in [-0.4, -0.2) is 5.78 Å². The molecule has 0 bridgehead atoms. The fourth-order valence-corrected chi connectivity index (χ4v) is 3.67. The molecule has 0 amide bonds. The molecule has 4 aromatic rings. The molecule has 1 nitrogen and oxygen atoms in total. The van der Waals surface area contributed by atoms with Crippen molar-refractivity contribution in [3.8, 4) is 11.8 Å². The van der Waals surface area contributed by atoms with Crippen LogP contribution in [0.3, 0.4) is 0 Å². The van der Waals surface area contributed by atoms with Gasteiger partial charge >= 0.3 is 0 Å². The third kappa shape index (κ3) is 4.24. The Labute approximate surface area is 178 Å². The Hall–Kier alpha value is -3.89. The Balaban J connectivity index is 1.89. The van der Waals surface area contributed by atoms with Gasteiger partial charge in [0, 0.05) is 17.5 Å². The zero-order chi connectivity index (χ0) is 20.7. The van der Waals surface area contributed by atoms with Gasteiger partial charge in [-0.3, -0.25) is 4.79 Å². The van der Waals surface area contributed by atoms with Crippen molar-refractivity contribution in [1.82, 2.24) is 0 Å². The van der Waals surface area contributed by atoms with Gasteiger partial charge in [0.15, 0.2) is 5.78 Å². The summed E-state index contributed by atoms with van der Waals surface area (Å²) in [5.41, 5.74) is 2.93. The lowest BCUT2D eigenvalue weighted by molar-refractivity contribution is 0.0969. The number of carbonyl (C=O) groups excluding carboxylic acids is 1. The van der Waals surface area contributed by atoms with E-state index in [2.05, 4.69) is 36.1 Å². The normalized spacial score (nSPS) is 10.7. The number of carbonyl (C=O) groups is 1. The second-order valence-electron chi connectivity index (χ2n) is 7.22. The highest BCUT2D eigenvalue weighted by Gasteiger charge is 2.35. The van der Waals surface area contributed by atoms with Crippen molar-refractivity contribution in [3.63, 3.8) is 0 Å². The van der Waals surface area contributed by atoms with Crippen molar-refractivity contribution in [3.05, 3.63) is 144 Å². The Morgan fingerprint density at radius 3 is 1.53 bits per heavy atom. The lowest BCUT2D eigenvalue weighted by Crippen LogP contribution is -2.29. The number of hydrogen-bond donors (Lipinski definition) is 0. The molecule has 0 heterocycles. The number of ketones is 1. The zero-order valence-corrected chi connectivity index (χ0v) is 16.7. The predicted octanol–water partition coefficient (Wildman–Crippen LogP) is 6.30. The van der Waals surface area contributed by atoms with Crippen LogP contribution in [0.2, 0.25) is 0 Å². The van der Waals surface area contributed by atoms with E-state index in [0.717, 1.165) is 16.7 Å². The van der Waals surface area contributed by atoms with Gasteiger partial charge in [0.25, 0.3) is 0 Å². The fraction of sp³-hybridized carbons (Fsp3) is 0.0690. The molecule has 0 radical (unpaired) electrons. The Morgan fingerprint density at radius 2 is 1.03 bits per heavy atom. The van der Waals surface area contributed by atoms with Gasteiger partial charge in [-0.2, -0.15) is 0 Å². The van der Waals surface area contributed by atoms with Crippen molar-refractivity contribution in [2.75, 3.05) is 0 Å². The third-order valence-electron chi connectivity index (χ3n) is 5.25. The molecule has 1 heteroatoms. The summed E-state index contributed by atoms with van der Waals surface area (Å²) in [5.74, 6) is 6.92. The van der Waals surface area contributed by atoms with E-state index < -0.39 is 5.41 Å². The average molecular weight is 386 g/mol. The van der Waals surface area contributed by atoms with Gasteiger partial charge in [0.2, 0.25) is 0 Å². The molecular weight excluding hydrogens is 364 g/mol. The van der Waals surface area contributed by atoms with E-state index in [1.165, 1.54) is 0 Å². The molecule has 0 fully saturated rings. The number of rotatable bonds is 5. The topological polar surface area (TPSA) is 17.1 Å². The summed E-state index contributed by atoms with van der Waals surface area (Å²) in [5, 5.41) is 0. The summed E-state index contributed by atoms with van der Waals surface area (Å²) in [4.78, 5) is 13.4. The van der Waals surface area contributed by atoms with Gasteiger partial charge in [-0.25, -0.2) is 0 Å². The fourth-order valence-electron chi connectivity index (χ4n) is 3.67. The molecule has 0 spiro atoms. The highest BCUT2D eigenvalue weighted by atomic mass is 16.1. The second-order valence-corrected chi connectivity index (χ2v) is 7.22. The monoisotopic (exact) mass is 386 g/mol. The van der Waals surface area contributed by atoms with E-state index in [1.807, 2.05) is 97.1 Å². The molecule has 0 aliphatic rings. The highest BCUT2D eigenvalue weighted by Crippen LogP contribution is 2.36. The maximum Gasteiger partial charge on any atom is 0.165 e. The standard InChI is InChI=1S/C29H22O/c30-28(25-15-7-2-8-16-25)23-29(26-17-9-3-10-18-26,27-19-11-4-12-20-27)22-21-24-13-5-1-6-14-24/h1-20H,23H2. The van der Waals surface area contributed by atoms with Gasteiger partial charge in [-0.15, -0.1) is 0 Å². The lowest BCUT2D eigenvalue weighted by Gasteiger charge is -2.29. The molecule has 0 saturated heterocycles. The van der Waals surface area contributed by atoms with Crippen LogP contribution in [0.25, 0.3) is 0 Å². The van der Waals surface area contributed by atoms with Crippen LogP contribution in [0.15, 0.2) is 121 Å². The van der Waals surface area contributed by atoms with Crippen molar-refractivity contribution in [1.29, 1.82) is 0 Å². The smallest absolute Gasteiger partial charge is 0.165 e. The van der Waals surface area contributed by atoms with E-state index in [9.17, 15) is 4.79 Å². The second kappa shape index (κ2) is 9.07. The first-order valence-electron chi connectivity index (χ1n) is 10.1. The minimum atomic E-state index is -0.745. The molecule has 0 aliphatic heterocycles. The van der Waals surface area contributed by atoms with E-state index in [0.29, 0.717) is 5.56 Å². The molecule has 0 atom stereocenters. The molecule has 144 valence electrons. The molecule has 0 N–H and O–H groups in total. The number of Topliss-reactive ketones (excluding diaryl/α,β-unsaturated/α-hetero) is 1. The van der Waals surface area contributed by atoms with Crippen molar-refractivity contribution >= 4 is 5.78 Å². The van der Waals surface area contributed by atoms with Crippen LogP contribution in [0.4, 0.5) is 0 Å². The van der Waals surface area contributed by atoms with Crippen molar-refractivity contribution < 1.29 is 4.79 Å². The Bertz CT molecular complexity index is 1110. The molecule has 0 aromatic heterocycles. The summed E-state index contributed by atoms with van der Waals surface area (Å²) in [6, 6.07) is 39.6. The molecule has 4 rings (SSSR count). The van der Waals surface area contributed by atoms with Gasteiger partial charge in [-0.05, 0) is 23.3 Å². The summed E-state index contributed by atoms with van der Waals surface area (Å²) in [7, 11) is 0. The van der Waals surface area contributed by atoms with Gasteiger partial charge in [0.05, 0.1) is 5.41 Å². The maximum absolute atomic E-state index is 13.4. The first-order chi connectivity index (χ1) is 14.8. The first-order valence-corrected chi connectivity index (χ1v) is 10.1. The number of hydrogen-bond acceptors (Lipinski definition) is 1. The van der Waals surface area contributed by atoms with Crippen LogP contribution >= 0.6 is 0 Å². The largest absolute Gasteiger partial charge is 0.294 e. The quantitative estimate of drug-likeness (QED) is 0.291. The SMILES string of the molecule is O=C(CC(C#Cc1ccccc1)(c1ccccc1)c1ccccc1)c1ccccc1. The lowest BCUT2D eigenvalue weighted by atomic mass is 9.71. The maximum atomic E-state index is 13.4. The van der Waals surface area contributed by atoms with Gasteiger partial charge < -0.3 is 0 Å². The summed E-state index contributed by atoms with van der Waals surface area (Å²) in [6.45, 7) is 0. The molecule has 0 saturated carbocycles. The minimum absolute atomic E-state index is 0.0747. The van der Waals surface area contributed by atoms with Crippen LogP contribution in [0.1, 0.15) is 33.5 Å². The average Bonchev–Trinajstić information content (AvgIpc) is 2.84. The first kappa shape index (κ1) is 19.4. The molecule has 0 aliphatic carbocycles. The third-order valence-corrected chi connectivity index (χ3v) is 5.25.